The van der Waals surface area contributed by atoms with Gasteiger partial charge >= 0.3 is 6.09 Å². The van der Waals surface area contributed by atoms with Crippen LogP contribution in [0.2, 0.25) is 0 Å². The van der Waals surface area contributed by atoms with Crippen molar-refractivity contribution < 1.29 is 14.3 Å². The molecule has 1 heterocycles. The molecule has 0 spiro atoms. The third-order valence-electron chi connectivity index (χ3n) is 3.46. The predicted octanol–water partition coefficient (Wildman–Crippen LogP) is 2.58. The highest BCUT2D eigenvalue weighted by Gasteiger charge is 2.23. The summed E-state index contributed by atoms with van der Waals surface area (Å²) in [6.45, 7) is 2.67. The van der Waals surface area contributed by atoms with Crippen LogP contribution in [0.25, 0.3) is 0 Å². The summed E-state index contributed by atoms with van der Waals surface area (Å²) in [6, 6.07) is 11.6. The van der Waals surface area contributed by atoms with Crippen LogP contribution in [0.4, 0.5) is 4.79 Å². The number of carbonyl (C=O) groups is 1. The maximum atomic E-state index is 12.2. The van der Waals surface area contributed by atoms with Gasteiger partial charge < -0.3 is 14.4 Å². The van der Waals surface area contributed by atoms with Gasteiger partial charge in [0, 0.05) is 25.6 Å². The molecule has 1 aromatic carbocycles. The van der Waals surface area contributed by atoms with Crippen LogP contribution in [0.5, 0.6) is 0 Å². The maximum absolute atomic E-state index is 12.2. The molecule has 1 fully saturated rings. The Labute approximate surface area is 125 Å². The second-order valence-electron chi connectivity index (χ2n) is 5.12. The largest absolute Gasteiger partial charge is 0.445 e. The van der Waals surface area contributed by atoms with Crippen LogP contribution in [0, 0.1) is 17.2 Å². The minimum absolute atomic E-state index is 0.254. The monoisotopic (exact) mass is 288 g/mol. The first kappa shape index (κ1) is 15.3. The zero-order chi connectivity index (χ0) is 14.9. The molecule has 0 unspecified atom stereocenters. The molecular formula is C16H20N2O3. The second kappa shape index (κ2) is 8.28. The fourth-order valence-electron chi connectivity index (χ4n) is 2.29. The van der Waals surface area contributed by atoms with E-state index < -0.39 is 0 Å². The lowest BCUT2D eigenvalue weighted by Crippen LogP contribution is -2.36. The highest BCUT2D eigenvalue weighted by atomic mass is 16.6. The molecule has 5 heteroatoms. The minimum atomic E-state index is -0.360. The van der Waals surface area contributed by atoms with Gasteiger partial charge in [-0.2, -0.15) is 5.26 Å². The average molecular weight is 288 g/mol. The number of amides is 1. The molecular weight excluding hydrogens is 268 g/mol. The molecule has 1 saturated heterocycles. The Morgan fingerprint density at radius 2 is 2.24 bits per heavy atom. The van der Waals surface area contributed by atoms with Gasteiger partial charge in [0.05, 0.1) is 19.1 Å². The van der Waals surface area contributed by atoms with Gasteiger partial charge in [0.15, 0.2) is 0 Å². The Balaban J connectivity index is 1.85. The summed E-state index contributed by atoms with van der Waals surface area (Å²) in [5.74, 6) is 0.341. The van der Waals surface area contributed by atoms with E-state index in [0.29, 0.717) is 32.0 Å². The van der Waals surface area contributed by atoms with E-state index in [1.54, 1.807) is 4.90 Å². The molecule has 5 nitrogen and oxygen atoms in total. The number of carbonyl (C=O) groups excluding carboxylic acids is 1. The summed E-state index contributed by atoms with van der Waals surface area (Å²) >= 11 is 0. The molecule has 0 radical (unpaired) electrons. The van der Waals surface area contributed by atoms with E-state index in [1.807, 2.05) is 30.3 Å². The van der Waals surface area contributed by atoms with Crippen molar-refractivity contribution in [3.63, 3.8) is 0 Å². The molecule has 0 bridgehead atoms. The molecule has 0 aromatic heterocycles. The zero-order valence-corrected chi connectivity index (χ0v) is 12.0. The Morgan fingerprint density at radius 1 is 1.43 bits per heavy atom. The number of nitrogens with zero attached hydrogens (tertiary/aromatic N) is 2. The van der Waals surface area contributed by atoms with Gasteiger partial charge in [0.1, 0.15) is 6.61 Å². The van der Waals surface area contributed by atoms with E-state index in [1.165, 1.54) is 0 Å². The summed E-state index contributed by atoms with van der Waals surface area (Å²) < 4.78 is 10.7. The van der Waals surface area contributed by atoms with Crippen molar-refractivity contribution in [1.82, 2.24) is 4.90 Å². The van der Waals surface area contributed by atoms with Gasteiger partial charge in [-0.1, -0.05) is 30.3 Å². The highest BCUT2D eigenvalue weighted by Crippen LogP contribution is 2.15. The molecule has 1 atom stereocenters. The van der Waals surface area contributed by atoms with Crippen molar-refractivity contribution in [3.8, 4) is 6.07 Å². The topological polar surface area (TPSA) is 62.6 Å². The lowest BCUT2D eigenvalue weighted by molar-refractivity contribution is 0.0890. The molecule has 1 amide bonds. The lowest BCUT2D eigenvalue weighted by atomic mass is 10.1. The van der Waals surface area contributed by atoms with Gasteiger partial charge in [-0.3, -0.25) is 0 Å². The molecule has 1 aromatic rings. The van der Waals surface area contributed by atoms with Gasteiger partial charge in [0.2, 0.25) is 0 Å². The number of nitriles is 1. The molecule has 0 N–H and O–H groups in total. The molecule has 21 heavy (non-hydrogen) atoms. The van der Waals surface area contributed by atoms with E-state index in [4.69, 9.17) is 14.7 Å². The van der Waals surface area contributed by atoms with Gasteiger partial charge in [-0.05, 0) is 12.0 Å². The minimum Gasteiger partial charge on any atom is -0.445 e. The Kier molecular flexibility index (Phi) is 6.04. The molecule has 1 aliphatic rings. The fourth-order valence-corrected chi connectivity index (χ4v) is 2.29. The van der Waals surface area contributed by atoms with E-state index in [0.717, 1.165) is 18.6 Å². The zero-order valence-electron chi connectivity index (χ0n) is 12.0. The summed E-state index contributed by atoms with van der Waals surface area (Å²) in [5, 5.41) is 8.71. The van der Waals surface area contributed by atoms with E-state index in [-0.39, 0.29) is 12.7 Å². The smallest absolute Gasteiger partial charge is 0.410 e. The van der Waals surface area contributed by atoms with Crippen molar-refractivity contribution in [1.29, 1.82) is 5.26 Å². The highest BCUT2D eigenvalue weighted by molar-refractivity contribution is 5.67. The van der Waals surface area contributed by atoms with Crippen LogP contribution in [-0.2, 0) is 16.1 Å². The molecule has 2 rings (SSSR count). The van der Waals surface area contributed by atoms with E-state index in [2.05, 4.69) is 6.07 Å². The van der Waals surface area contributed by atoms with Gasteiger partial charge in [-0.15, -0.1) is 0 Å². The van der Waals surface area contributed by atoms with E-state index >= 15 is 0 Å². The number of ether oxygens (including phenoxy) is 2. The SMILES string of the molecule is N#CCCN(C[C@@H]1CCOC1)C(=O)OCc1ccccc1. The normalized spacial score (nSPS) is 17.2. The number of benzene rings is 1. The van der Waals surface area contributed by atoms with E-state index in [9.17, 15) is 4.79 Å². The standard InChI is InChI=1S/C16H20N2O3/c17-8-4-9-18(11-15-7-10-20-12-15)16(19)21-13-14-5-2-1-3-6-14/h1-3,5-6,15H,4,7,9-13H2/t15-/m0/s1. The second-order valence-corrected chi connectivity index (χ2v) is 5.12. The quantitative estimate of drug-likeness (QED) is 0.807. The van der Waals surface area contributed by atoms with Crippen LogP contribution in [-0.4, -0.2) is 37.3 Å². The van der Waals surface area contributed by atoms with Crippen LogP contribution in [0.3, 0.4) is 0 Å². The first-order valence-corrected chi connectivity index (χ1v) is 7.20. The Hall–Kier alpha value is -2.06. The first-order chi connectivity index (χ1) is 10.3. The Morgan fingerprint density at radius 3 is 2.90 bits per heavy atom. The van der Waals surface area contributed by atoms with Crippen LogP contribution >= 0.6 is 0 Å². The van der Waals surface area contributed by atoms with Crippen molar-refractivity contribution in [2.75, 3.05) is 26.3 Å². The summed E-state index contributed by atoms with van der Waals surface area (Å²) in [6.07, 6.45) is 0.907. The van der Waals surface area contributed by atoms with Crippen LogP contribution < -0.4 is 0 Å². The lowest BCUT2D eigenvalue weighted by Gasteiger charge is -2.23. The maximum Gasteiger partial charge on any atom is 0.410 e. The van der Waals surface area contributed by atoms with Gasteiger partial charge in [0.25, 0.3) is 0 Å². The molecule has 0 saturated carbocycles. The van der Waals surface area contributed by atoms with Crippen molar-refractivity contribution in [3.05, 3.63) is 35.9 Å². The van der Waals surface area contributed by atoms with Crippen molar-refractivity contribution in [2.45, 2.75) is 19.4 Å². The Bertz CT molecular complexity index is 478. The van der Waals surface area contributed by atoms with Crippen molar-refractivity contribution >= 4 is 6.09 Å². The third-order valence-corrected chi connectivity index (χ3v) is 3.46. The number of hydrogen-bond donors (Lipinski definition) is 0. The number of hydrogen-bond acceptors (Lipinski definition) is 4. The van der Waals surface area contributed by atoms with Crippen LogP contribution in [0.15, 0.2) is 30.3 Å². The molecule has 1 aliphatic heterocycles. The van der Waals surface area contributed by atoms with Gasteiger partial charge in [-0.25, -0.2) is 4.79 Å². The van der Waals surface area contributed by atoms with Crippen molar-refractivity contribution in [2.24, 2.45) is 5.92 Å². The fraction of sp³-hybridized carbons (Fsp3) is 0.500. The summed E-state index contributed by atoms with van der Waals surface area (Å²) in [7, 11) is 0. The first-order valence-electron chi connectivity index (χ1n) is 7.20. The summed E-state index contributed by atoms with van der Waals surface area (Å²) in [4.78, 5) is 13.8. The predicted molar refractivity (Wildman–Crippen MR) is 77.4 cm³/mol. The molecule has 112 valence electrons. The summed E-state index contributed by atoms with van der Waals surface area (Å²) in [5.41, 5.74) is 0.954. The number of rotatable bonds is 6. The van der Waals surface area contributed by atoms with Crippen LogP contribution in [0.1, 0.15) is 18.4 Å². The molecule has 0 aliphatic carbocycles. The third kappa shape index (κ3) is 5.09. The average Bonchev–Trinajstić information content (AvgIpc) is 3.03.